The summed E-state index contributed by atoms with van der Waals surface area (Å²) in [5, 5.41) is 4.76. The fraction of sp³-hybridized carbons (Fsp3) is 0.474. The normalized spacial score (nSPS) is 19.5. The van der Waals surface area contributed by atoms with Gasteiger partial charge in [-0.1, -0.05) is 12.1 Å². The van der Waals surface area contributed by atoms with Crippen LogP contribution in [0, 0.1) is 5.82 Å². The smallest absolute Gasteiger partial charge is 0.166 e. The number of carbonyl (C=O) groups excluding carboxylic acids is 1. The fourth-order valence-corrected chi connectivity index (χ4v) is 3.93. The van der Waals surface area contributed by atoms with E-state index in [1.54, 1.807) is 18.2 Å². The van der Waals surface area contributed by atoms with E-state index in [1.165, 1.54) is 6.07 Å². The summed E-state index contributed by atoms with van der Waals surface area (Å²) < 4.78 is 16.4. The summed E-state index contributed by atoms with van der Waals surface area (Å²) >= 11 is 0. The molecule has 0 unspecified atom stereocenters. The van der Waals surface area contributed by atoms with Gasteiger partial charge in [0.1, 0.15) is 11.5 Å². The van der Waals surface area contributed by atoms with Gasteiger partial charge in [0.05, 0.1) is 17.3 Å². The Kier molecular flexibility index (Phi) is 3.96. The number of rotatable bonds is 2. The molecule has 1 fully saturated rings. The third-order valence-electron chi connectivity index (χ3n) is 5.27. The number of Topliss-reactive ketones (excluding diaryl/α,β-unsaturated/α-hetero) is 1. The minimum Gasteiger partial charge on any atom is -0.306 e. The number of carbonyl (C=O) groups is 1. The van der Waals surface area contributed by atoms with Crippen LogP contribution >= 0.6 is 0 Å². The lowest BCUT2D eigenvalue weighted by atomic mass is 9.91. The van der Waals surface area contributed by atoms with Crippen molar-refractivity contribution < 1.29 is 9.18 Å². The van der Waals surface area contributed by atoms with Gasteiger partial charge in [0.15, 0.2) is 5.78 Å². The van der Waals surface area contributed by atoms with E-state index in [-0.39, 0.29) is 11.6 Å². The number of likely N-dealkylation sites (tertiary alicyclic amines) is 1. The van der Waals surface area contributed by atoms with Crippen molar-refractivity contribution in [3.63, 3.8) is 0 Å². The molecule has 1 aromatic heterocycles. The van der Waals surface area contributed by atoms with Crippen LogP contribution in [0.2, 0.25) is 0 Å². The SMILES string of the molecule is CN1CCC(n2nc(-c3ccccc3F)c3c2CCCC3=O)CC1. The van der Waals surface area contributed by atoms with Gasteiger partial charge in [0, 0.05) is 12.0 Å². The Morgan fingerprint density at radius 3 is 2.67 bits per heavy atom. The second-order valence-corrected chi connectivity index (χ2v) is 6.91. The quantitative estimate of drug-likeness (QED) is 0.847. The van der Waals surface area contributed by atoms with E-state index in [0.717, 1.165) is 44.5 Å². The Hall–Kier alpha value is -2.01. The highest BCUT2D eigenvalue weighted by atomic mass is 19.1. The standard InChI is InChI=1S/C19H22FN3O/c1-22-11-9-13(10-12-22)23-16-7-4-8-17(24)18(16)19(21-23)14-5-2-3-6-15(14)20/h2-3,5-6,13H,4,7-12H2,1H3. The van der Waals surface area contributed by atoms with E-state index in [4.69, 9.17) is 5.10 Å². The maximum atomic E-state index is 14.3. The maximum absolute atomic E-state index is 14.3. The van der Waals surface area contributed by atoms with Gasteiger partial charge in [0.25, 0.3) is 0 Å². The molecule has 0 amide bonds. The second kappa shape index (κ2) is 6.13. The number of aromatic nitrogens is 2. The van der Waals surface area contributed by atoms with Gasteiger partial charge >= 0.3 is 0 Å². The zero-order valence-electron chi connectivity index (χ0n) is 14.0. The van der Waals surface area contributed by atoms with Gasteiger partial charge in [0.2, 0.25) is 0 Å². The Balaban J connectivity index is 1.83. The third-order valence-corrected chi connectivity index (χ3v) is 5.27. The monoisotopic (exact) mass is 327 g/mol. The van der Waals surface area contributed by atoms with Crippen molar-refractivity contribution in [3.8, 4) is 11.3 Å². The van der Waals surface area contributed by atoms with Gasteiger partial charge in [-0.05, 0) is 58.0 Å². The van der Waals surface area contributed by atoms with E-state index in [0.29, 0.717) is 29.3 Å². The lowest BCUT2D eigenvalue weighted by Gasteiger charge is -2.30. The Labute approximate surface area is 141 Å². The van der Waals surface area contributed by atoms with Crippen molar-refractivity contribution in [2.75, 3.05) is 20.1 Å². The van der Waals surface area contributed by atoms with Crippen molar-refractivity contribution >= 4 is 5.78 Å². The summed E-state index contributed by atoms with van der Waals surface area (Å²) in [4.78, 5) is 14.9. The van der Waals surface area contributed by atoms with Crippen LogP contribution in [0.25, 0.3) is 11.3 Å². The first-order valence-corrected chi connectivity index (χ1v) is 8.73. The van der Waals surface area contributed by atoms with Crippen molar-refractivity contribution in [1.29, 1.82) is 0 Å². The number of hydrogen-bond acceptors (Lipinski definition) is 3. The molecule has 1 saturated heterocycles. The second-order valence-electron chi connectivity index (χ2n) is 6.91. The van der Waals surface area contributed by atoms with Crippen molar-refractivity contribution in [3.05, 3.63) is 41.3 Å². The van der Waals surface area contributed by atoms with Crippen LogP contribution in [0.5, 0.6) is 0 Å². The molecule has 1 aliphatic heterocycles. The van der Waals surface area contributed by atoms with Crippen LogP contribution in [-0.2, 0) is 6.42 Å². The average Bonchev–Trinajstić information content (AvgIpc) is 2.97. The van der Waals surface area contributed by atoms with Crippen LogP contribution in [0.1, 0.15) is 47.8 Å². The van der Waals surface area contributed by atoms with Crippen LogP contribution in [0.15, 0.2) is 24.3 Å². The van der Waals surface area contributed by atoms with E-state index in [2.05, 4.69) is 11.9 Å². The number of benzene rings is 1. The van der Waals surface area contributed by atoms with Gasteiger partial charge in [-0.3, -0.25) is 9.48 Å². The van der Waals surface area contributed by atoms with Gasteiger partial charge < -0.3 is 4.90 Å². The molecule has 1 aromatic carbocycles. The van der Waals surface area contributed by atoms with Crippen LogP contribution in [0.3, 0.4) is 0 Å². The predicted octanol–water partition coefficient (Wildman–Crippen LogP) is 3.47. The molecule has 0 radical (unpaired) electrons. The third kappa shape index (κ3) is 2.57. The van der Waals surface area contributed by atoms with E-state index >= 15 is 0 Å². The summed E-state index contributed by atoms with van der Waals surface area (Å²) in [6, 6.07) is 6.93. The first kappa shape index (κ1) is 15.5. The minimum atomic E-state index is -0.313. The first-order chi connectivity index (χ1) is 11.6. The minimum absolute atomic E-state index is 0.105. The molecular formula is C19H22FN3O. The summed E-state index contributed by atoms with van der Waals surface area (Å²) in [5.74, 6) is -0.208. The predicted molar refractivity (Wildman–Crippen MR) is 90.7 cm³/mol. The van der Waals surface area contributed by atoms with Crippen molar-refractivity contribution in [1.82, 2.24) is 14.7 Å². The zero-order chi connectivity index (χ0) is 16.7. The van der Waals surface area contributed by atoms with Crippen LogP contribution < -0.4 is 0 Å². The van der Waals surface area contributed by atoms with E-state index in [1.807, 2.05) is 4.68 Å². The highest BCUT2D eigenvalue weighted by Gasteiger charge is 2.31. The molecule has 0 atom stereocenters. The number of halogens is 1. The molecule has 24 heavy (non-hydrogen) atoms. The lowest BCUT2D eigenvalue weighted by molar-refractivity contribution is 0.0971. The lowest BCUT2D eigenvalue weighted by Crippen LogP contribution is -2.32. The van der Waals surface area contributed by atoms with Crippen molar-refractivity contribution in [2.24, 2.45) is 0 Å². The highest BCUT2D eigenvalue weighted by Crippen LogP contribution is 2.35. The Morgan fingerprint density at radius 2 is 1.92 bits per heavy atom. The van der Waals surface area contributed by atoms with Crippen LogP contribution in [0.4, 0.5) is 4.39 Å². The highest BCUT2D eigenvalue weighted by molar-refractivity contribution is 6.03. The zero-order valence-corrected chi connectivity index (χ0v) is 14.0. The van der Waals surface area contributed by atoms with E-state index in [9.17, 15) is 9.18 Å². The molecule has 4 nitrogen and oxygen atoms in total. The Morgan fingerprint density at radius 1 is 1.17 bits per heavy atom. The van der Waals surface area contributed by atoms with Crippen molar-refractivity contribution in [2.45, 2.75) is 38.1 Å². The molecule has 2 aromatic rings. The summed E-state index contributed by atoms with van der Waals surface area (Å²) in [7, 11) is 2.13. The first-order valence-electron chi connectivity index (χ1n) is 8.73. The molecule has 1 aliphatic carbocycles. The number of nitrogens with zero attached hydrogens (tertiary/aromatic N) is 3. The molecule has 5 heteroatoms. The summed E-state index contributed by atoms with van der Waals surface area (Å²) in [5.41, 5.74) is 2.65. The molecule has 2 aliphatic rings. The number of hydrogen-bond donors (Lipinski definition) is 0. The summed E-state index contributed by atoms with van der Waals surface area (Å²) in [6.07, 6.45) is 4.30. The maximum Gasteiger partial charge on any atom is 0.166 e. The molecular weight excluding hydrogens is 305 g/mol. The van der Waals surface area contributed by atoms with E-state index < -0.39 is 0 Å². The molecule has 4 rings (SSSR count). The topological polar surface area (TPSA) is 38.1 Å². The molecule has 0 saturated carbocycles. The largest absolute Gasteiger partial charge is 0.306 e. The van der Waals surface area contributed by atoms with Crippen LogP contribution in [-0.4, -0.2) is 40.6 Å². The molecule has 2 heterocycles. The number of fused-ring (bicyclic) bond motifs is 1. The Bertz CT molecular complexity index is 775. The molecule has 0 bridgehead atoms. The number of piperidine rings is 1. The summed E-state index contributed by atoms with van der Waals surface area (Å²) in [6.45, 7) is 2.06. The van der Waals surface area contributed by atoms with Gasteiger partial charge in [-0.25, -0.2) is 4.39 Å². The fourth-order valence-electron chi connectivity index (χ4n) is 3.93. The molecule has 0 spiro atoms. The molecule has 0 N–H and O–H groups in total. The molecule has 126 valence electrons. The van der Waals surface area contributed by atoms with Gasteiger partial charge in [-0.15, -0.1) is 0 Å². The number of ketones is 1. The van der Waals surface area contributed by atoms with Gasteiger partial charge in [-0.2, -0.15) is 5.10 Å². The average molecular weight is 327 g/mol.